The Hall–Kier alpha value is -2.04. The van der Waals surface area contributed by atoms with Crippen LogP contribution in [0.15, 0.2) is 42.5 Å². The molecule has 2 aromatic rings. The first kappa shape index (κ1) is 33.2. The van der Waals surface area contributed by atoms with Crippen molar-refractivity contribution < 1.29 is 14.3 Å². The number of Topliss-reactive ketones (excluding diaryl/α,β-unsaturated/α-hetero) is 1. The molecule has 0 atom stereocenters. The second-order valence-corrected chi connectivity index (χ2v) is 11.3. The molecule has 0 radical (unpaired) electrons. The average molecular weight is 577 g/mol. The number of carbonyl (C=O) groups is 2. The summed E-state index contributed by atoms with van der Waals surface area (Å²) in [5.41, 5.74) is 0.802. The molecular formula is C33H47Cl2NO3. The van der Waals surface area contributed by atoms with E-state index < -0.39 is 5.91 Å². The summed E-state index contributed by atoms with van der Waals surface area (Å²) in [7, 11) is 0. The molecule has 0 saturated heterocycles. The van der Waals surface area contributed by atoms with Gasteiger partial charge in [0, 0.05) is 5.02 Å². The summed E-state index contributed by atoms with van der Waals surface area (Å²) in [6.07, 6.45) is 20.9. The molecule has 2 aromatic carbocycles. The van der Waals surface area contributed by atoms with Crippen LogP contribution < -0.4 is 10.1 Å². The fourth-order valence-corrected chi connectivity index (χ4v) is 5.02. The number of benzene rings is 2. The van der Waals surface area contributed by atoms with E-state index in [-0.39, 0.29) is 12.2 Å². The Morgan fingerprint density at radius 3 is 1.85 bits per heavy atom. The van der Waals surface area contributed by atoms with Crippen LogP contribution in [0.4, 0.5) is 5.69 Å². The highest BCUT2D eigenvalue weighted by Crippen LogP contribution is 2.26. The number of ether oxygens (including phenoxy) is 1. The third-order valence-corrected chi connectivity index (χ3v) is 7.53. The van der Waals surface area contributed by atoms with E-state index >= 15 is 0 Å². The van der Waals surface area contributed by atoms with Crippen molar-refractivity contribution in [3.63, 3.8) is 0 Å². The van der Waals surface area contributed by atoms with Crippen molar-refractivity contribution in [3.05, 3.63) is 58.1 Å². The number of amides is 1. The van der Waals surface area contributed by atoms with Crippen molar-refractivity contribution >= 4 is 40.6 Å². The summed E-state index contributed by atoms with van der Waals surface area (Å²) >= 11 is 12.1. The molecule has 6 heteroatoms. The SMILES string of the molecule is CCCCCCCCCCCCCCCCCCOc1ccccc1C(=O)CC(=O)Nc1cc(Cl)ccc1Cl. The van der Waals surface area contributed by atoms with Crippen LogP contribution in [0.2, 0.25) is 10.0 Å². The van der Waals surface area contributed by atoms with Gasteiger partial charge in [-0.15, -0.1) is 0 Å². The lowest BCUT2D eigenvalue weighted by Crippen LogP contribution is -2.17. The van der Waals surface area contributed by atoms with Crippen molar-refractivity contribution in [2.24, 2.45) is 0 Å². The molecule has 0 aromatic heterocycles. The maximum atomic E-state index is 12.8. The van der Waals surface area contributed by atoms with Crippen molar-refractivity contribution in [2.75, 3.05) is 11.9 Å². The van der Waals surface area contributed by atoms with Gasteiger partial charge in [0.15, 0.2) is 5.78 Å². The van der Waals surface area contributed by atoms with Gasteiger partial charge >= 0.3 is 0 Å². The van der Waals surface area contributed by atoms with Gasteiger partial charge in [-0.1, -0.05) is 139 Å². The van der Waals surface area contributed by atoms with Gasteiger partial charge in [-0.25, -0.2) is 0 Å². The first-order valence-corrected chi connectivity index (χ1v) is 15.8. The molecule has 0 aliphatic rings. The number of nitrogens with one attached hydrogen (secondary N) is 1. The number of hydrogen-bond donors (Lipinski definition) is 1. The van der Waals surface area contributed by atoms with Crippen molar-refractivity contribution in [2.45, 2.75) is 116 Å². The molecule has 0 aliphatic carbocycles. The second kappa shape index (κ2) is 20.8. The molecule has 1 amide bonds. The summed E-state index contributed by atoms with van der Waals surface area (Å²) in [4.78, 5) is 25.2. The standard InChI is InChI=1S/C33H47Cl2NO3/c1-2-3-4-5-6-7-8-9-10-11-12-13-14-15-16-19-24-39-32-21-18-17-20-28(32)31(37)26-33(38)36-30-25-27(34)22-23-29(30)35/h17-18,20-23,25H,2-16,19,24,26H2,1H3,(H,36,38). The summed E-state index contributed by atoms with van der Waals surface area (Å²) in [5, 5.41) is 3.47. The van der Waals surface area contributed by atoms with E-state index in [0.717, 1.165) is 12.8 Å². The van der Waals surface area contributed by atoms with Crippen LogP contribution in [0.5, 0.6) is 5.75 Å². The number of hydrogen-bond acceptors (Lipinski definition) is 3. The van der Waals surface area contributed by atoms with Gasteiger partial charge in [0.25, 0.3) is 0 Å². The van der Waals surface area contributed by atoms with Crippen LogP contribution >= 0.6 is 23.2 Å². The molecule has 0 aliphatic heterocycles. The fourth-order valence-electron chi connectivity index (χ4n) is 4.68. The van der Waals surface area contributed by atoms with E-state index in [9.17, 15) is 9.59 Å². The van der Waals surface area contributed by atoms with Gasteiger partial charge in [-0.05, 0) is 36.8 Å². The lowest BCUT2D eigenvalue weighted by Gasteiger charge is -2.11. The summed E-state index contributed by atoms with van der Waals surface area (Å²) in [6, 6.07) is 11.9. The summed E-state index contributed by atoms with van der Waals surface area (Å²) in [5.74, 6) is -0.220. The Morgan fingerprint density at radius 2 is 1.26 bits per heavy atom. The van der Waals surface area contributed by atoms with Crippen molar-refractivity contribution in [1.29, 1.82) is 0 Å². The third kappa shape index (κ3) is 14.8. The maximum Gasteiger partial charge on any atom is 0.232 e. The number of rotatable bonds is 22. The predicted octanol–water partition coefficient (Wildman–Crippen LogP) is 10.8. The zero-order valence-corrected chi connectivity index (χ0v) is 25.3. The van der Waals surface area contributed by atoms with E-state index in [0.29, 0.717) is 33.7 Å². The third-order valence-electron chi connectivity index (χ3n) is 6.97. The second-order valence-electron chi connectivity index (χ2n) is 10.4. The Labute approximate surface area is 246 Å². The quantitative estimate of drug-likeness (QED) is 0.0862. The van der Waals surface area contributed by atoms with Gasteiger partial charge in [0.2, 0.25) is 5.91 Å². The number of unbranched alkanes of at least 4 members (excludes halogenated alkanes) is 15. The van der Waals surface area contributed by atoms with Crippen LogP contribution in [0.1, 0.15) is 126 Å². The maximum absolute atomic E-state index is 12.8. The van der Waals surface area contributed by atoms with Gasteiger partial charge in [-0.2, -0.15) is 0 Å². The molecule has 0 spiro atoms. The molecule has 0 unspecified atom stereocenters. The molecule has 0 heterocycles. The van der Waals surface area contributed by atoms with Crippen LogP contribution in [0, 0.1) is 0 Å². The highest BCUT2D eigenvalue weighted by atomic mass is 35.5. The zero-order chi connectivity index (χ0) is 28.1. The molecule has 0 fully saturated rings. The number of para-hydroxylation sites is 1. The van der Waals surface area contributed by atoms with E-state index in [4.69, 9.17) is 27.9 Å². The molecular weight excluding hydrogens is 529 g/mol. The summed E-state index contributed by atoms with van der Waals surface area (Å²) < 4.78 is 5.92. The summed E-state index contributed by atoms with van der Waals surface area (Å²) in [6.45, 7) is 2.84. The van der Waals surface area contributed by atoms with E-state index in [1.165, 1.54) is 89.9 Å². The van der Waals surface area contributed by atoms with Crippen LogP contribution in [0.3, 0.4) is 0 Å². The largest absolute Gasteiger partial charge is 0.493 e. The van der Waals surface area contributed by atoms with E-state index in [2.05, 4.69) is 12.2 Å². The first-order valence-electron chi connectivity index (χ1n) is 15.0. The topological polar surface area (TPSA) is 55.4 Å². The monoisotopic (exact) mass is 575 g/mol. The highest BCUT2D eigenvalue weighted by Gasteiger charge is 2.17. The minimum absolute atomic E-state index is 0.298. The van der Waals surface area contributed by atoms with Gasteiger partial charge in [0.1, 0.15) is 5.75 Å². The number of anilines is 1. The zero-order valence-electron chi connectivity index (χ0n) is 23.8. The van der Waals surface area contributed by atoms with Crippen molar-refractivity contribution in [3.8, 4) is 5.75 Å². The Kier molecular flexibility index (Phi) is 17.7. The first-order chi connectivity index (χ1) is 19.0. The Bertz CT molecular complexity index is 979. The van der Waals surface area contributed by atoms with Gasteiger partial charge in [-0.3, -0.25) is 9.59 Å². The van der Waals surface area contributed by atoms with E-state index in [1.54, 1.807) is 36.4 Å². The lowest BCUT2D eigenvalue weighted by atomic mass is 10.0. The number of carbonyl (C=O) groups excluding carboxylic acids is 2. The van der Waals surface area contributed by atoms with Crippen LogP contribution in [-0.2, 0) is 4.79 Å². The highest BCUT2D eigenvalue weighted by molar-refractivity contribution is 6.35. The number of halogens is 2. The molecule has 1 N–H and O–H groups in total. The Morgan fingerprint density at radius 1 is 0.718 bits per heavy atom. The van der Waals surface area contributed by atoms with Crippen LogP contribution in [0.25, 0.3) is 0 Å². The van der Waals surface area contributed by atoms with Gasteiger partial charge < -0.3 is 10.1 Å². The molecule has 0 saturated carbocycles. The fraction of sp³-hybridized carbons (Fsp3) is 0.576. The molecule has 2 rings (SSSR count). The lowest BCUT2D eigenvalue weighted by molar-refractivity contribution is -0.115. The smallest absolute Gasteiger partial charge is 0.232 e. The number of ketones is 1. The molecule has 0 bridgehead atoms. The molecule has 39 heavy (non-hydrogen) atoms. The molecule has 216 valence electrons. The average Bonchev–Trinajstić information content (AvgIpc) is 2.92. The normalized spacial score (nSPS) is 10.9. The van der Waals surface area contributed by atoms with Crippen LogP contribution in [-0.4, -0.2) is 18.3 Å². The van der Waals surface area contributed by atoms with Gasteiger partial charge in [0.05, 0.1) is 29.3 Å². The minimum Gasteiger partial charge on any atom is -0.493 e. The molecule has 4 nitrogen and oxygen atoms in total. The Balaban J connectivity index is 1.54. The predicted molar refractivity (Wildman–Crippen MR) is 166 cm³/mol. The minimum atomic E-state index is -0.447. The van der Waals surface area contributed by atoms with E-state index in [1.807, 2.05) is 6.07 Å². The van der Waals surface area contributed by atoms with Crippen molar-refractivity contribution in [1.82, 2.24) is 0 Å².